The van der Waals surface area contributed by atoms with Gasteiger partial charge in [0, 0.05) is 10.7 Å². The molecule has 1 atom stereocenters. The number of nitriles is 1. The number of sulfonamides is 1. The van der Waals surface area contributed by atoms with Crippen LogP contribution in [0.1, 0.15) is 12.5 Å². The van der Waals surface area contributed by atoms with Crippen LogP contribution >= 0.6 is 11.6 Å². The summed E-state index contributed by atoms with van der Waals surface area (Å²) in [5.74, 6) is -0.483. The van der Waals surface area contributed by atoms with Gasteiger partial charge in [-0.05, 0) is 42.8 Å². The predicted molar refractivity (Wildman–Crippen MR) is 103 cm³/mol. The normalized spacial score (nSPS) is 12.1. The average molecular weight is 392 g/mol. The van der Waals surface area contributed by atoms with Crippen LogP contribution in [0.2, 0.25) is 5.02 Å². The van der Waals surface area contributed by atoms with E-state index >= 15 is 0 Å². The van der Waals surface area contributed by atoms with Crippen molar-refractivity contribution in [2.75, 3.05) is 15.9 Å². The highest BCUT2D eigenvalue weighted by Gasteiger charge is 2.29. The summed E-state index contributed by atoms with van der Waals surface area (Å²) in [5.41, 5.74) is 1.66. The monoisotopic (exact) mass is 391 g/mol. The van der Waals surface area contributed by atoms with Gasteiger partial charge in [0.1, 0.15) is 6.04 Å². The number of anilines is 2. The minimum Gasteiger partial charge on any atom is -0.324 e. The molecule has 0 saturated carbocycles. The second-order valence-electron chi connectivity index (χ2n) is 5.74. The van der Waals surface area contributed by atoms with Crippen LogP contribution in [-0.2, 0) is 21.2 Å². The lowest BCUT2D eigenvalue weighted by Gasteiger charge is -2.28. The Morgan fingerprint density at radius 2 is 1.92 bits per heavy atom. The van der Waals surface area contributed by atoms with Crippen LogP contribution in [0.5, 0.6) is 0 Å². The number of nitrogens with zero attached hydrogens (tertiary/aromatic N) is 2. The largest absolute Gasteiger partial charge is 0.324 e. The SMILES string of the molecule is CC(C(=O)Nc1ccc(CC#N)cc1)N(c1cccc(Cl)c1)S(C)(=O)=O. The standard InChI is InChI=1S/C18H18ClN3O3S/c1-13(18(23)21-16-8-6-14(7-9-16)10-11-20)22(26(2,24)25)17-5-3-4-15(19)12-17/h3-9,12-13H,10H2,1-2H3,(H,21,23). The van der Waals surface area contributed by atoms with Crippen molar-refractivity contribution in [2.45, 2.75) is 19.4 Å². The summed E-state index contributed by atoms with van der Waals surface area (Å²) < 4.78 is 25.5. The van der Waals surface area contributed by atoms with E-state index in [0.717, 1.165) is 16.1 Å². The highest BCUT2D eigenvalue weighted by Crippen LogP contribution is 2.24. The molecule has 0 fully saturated rings. The smallest absolute Gasteiger partial charge is 0.247 e. The highest BCUT2D eigenvalue weighted by molar-refractivity contribution is 7.92. The van der Waals surface area contributed by atoms with Gasteiger partial charge in [-0.2, -0.15) is 5.26 Å². The van der Waals surface area contributed by atoms with Crippen molar-refractivity contribution in [3.63, 3.8) is 0 Å². The van der Waals surface area contributed by atoms with Gasteiger partial charge < -0.3 is 5.32 Å². The molecular formula is C18H18ClN3O3S. The van der Waals surface area contributed by atoms with Crippen LogP contribution in [0.3, 0.4) is 0 Å². The van der Waals surface area contributed by atoms with Crippen LogP contribution in [0.4, 0.5) is 11.4 Å². The van der Waals surface area contributed by atoms with E-state index in [1.165, 1.54) is 13.0 Å². The van der Waals surface area contributed by atoms with Gasteiger partial charge in [0.05, 0.1) is 24.4 Å². The first-order valence-electron chi connectivity index (χ1n) is 7.74. The third kappa shape index (κ3) is 4.97. The van der Waals surface area contributed by atoms with Gasteiger partial charge in [0.2, 0.25) is 15.9 Å². The lowest BCUT2D eigenvalue weighted by Crippen LogP contribution is -2.45. The van der Waals surface area contributed by atoms with Crippen molar-refractivity contribution in [3.05, 3.63) is 59.1 Å². The van der Waals surface area contributed by atoms with Gasteiger partial charge in [0.15, 0.2) is 0 Å². The summed E-state index contributed by atoms with van der Waals surface area (Å²) in [5, 5.41) is 11.7. The molecule has 0 aliphatic heterocycles. The van der Waals surface area contributed by atoms with Crippen molar-refractivity contribution >= 4 is 38.9 Å². The number of hydrogen-bond donors (Lipinski definition) is 1. The molecule has 0 radical (unpaired) electrons. The van der Waals surface area contributed by atoms with Crippen LogP contribution < -0.4 is 9.62 Å². The third-order valence-corrected chi connectivity index (χ3v) is 5.13. The number of rotatable bonds is 6. The second kappa shape index (κ2) is 8.21. The summed E-state index contributed by atoms with van der Waals surface area (Å²) in [6.07, 6.45) is 1.32. The van der Waals surface area contributed by atoms with E-state index in [4.69, 9.17) is 16.9 Å². The summed E-state index contributed by atoms with van der Waals surface area (Å²) in [6, 6.07) is 14.2. The maximum atomic E-state index is 12.6. The molecule has 0 aliphatic rings. The van der Waals surface area contributed by atoms with E-state index in [9.17, 15) is 13.2 Å². The van der Waals surface area contributed by atoms with E-state index < -0.39 is 22.0 Å². The zero-order chi connectivity index (χ0) is 19.3. The second-order valence-corrected chi connectivity index (χ2v) is 8.03. The lowest BCUT2D eigenvalue weighted by atomic mass is 10.1. The van der Waals surface area contributed by atoms with Gasteiger partial charge >= 0.3 is 0 Å². The van der Waals surface area contributed by atoms with Gasteiger partial charge in [-0.3, -0.25) is 9.10 Å². The molecule has 0 bridgehead atoms. The van der Waals surface area contributed by atoms with Gasteiger partial charge in [0.25, 0.3) is 0 Å². The Hall–Kier alpha value is -2.56. The molecule has 8 heteroatoms. The van der Waals surface area contributed by atoms with Gasteiger partial charge in [-0.25, -0.2) is 8.42 Å². The molecule has 0 aliphatic carbocycles. The summed E-state index contributed by atoms with van der Waals surface area (Å²) in [4.78, 5) is 12.6. The molecule has 1 N–H and O–H groups in total. The third-order valence-electron chi connectivity index (χ3n) is 3.66. The average Bonchev–Trinajstić information content (AvgIpc) is 2.55. The first-order valence-corrected chi connectivity index (χ1v) is 9.96. The van der Waals surface area contributed by atoms with E-state index in [2.05, 4.69) is 5.32 Å². The topological polar surface area (TPSA) is 90.3 Å². The van der Waals surface area contributed by atoms with E-state index in [-0.39, 0.29) is 6.42 Å². The lowest BCUT2D eigenvalue weighted by molar-refractivity contribution is -0.116. The maximum Gasteiger partial charge on any atom is 0.247 e. The Balaban J connectivity index is 2.24. The molecule has 6 nitrogen and oxygen atoms in total. The fourth-order valence-corrected chi connectivity index (χ4v) is 3.82. The van der Waals surface area contributed by atoms with Crippen molar-refractivity contribution in [3.8, 4) is 6.07 Å². The molecule has 0 heterocycles. The molecule has 1 unspecified atom stereocenters. The minimum absolute atomic E-state index is 0.279. The molecular weight excluding hydrogens is 374 g/mol. The number of benzene rings is 2. The first kappa shape index (κ1) is 19.8. The van der Waals surface area contributed by atoms with Crippen molar-refractivity contribution < 1.29 is 13.2 Å². The van der Waals surface area contributed by atoms with Gasteiger partial charge in [-0.1, -0.05) is 29.8 Å². The van der Waals surface area contributed by atoms with Crippen molar-refractivity contribution in [2.24, 2.45) is 0 Å². The quantitative estimate of drug-likeness (QED) is 0.818. The fraction of sp³-hybridized carbons (Fsp3) is 0.222. The van der Waals surface area contributed by atoms with Crippen molar-refractivity contribution in [1.82, 2.24) is 0 Å². The predicted octanol–water partition coefficient (Wildman–Crippen LogP) is 3.20. The number of nitrogens with one attached hydrogen (secondary N) is 1. The Kier molecular flexibility index (Phi) is 6.24. The summed E-state index contributed by atoms with van der Waals surface area (Å²) >= 11 is 5.95. The van der Waals surface area contributed by atoms with Crippen LogP contribution in [-0.4, -0.2) is 26.6 Å². The minimum atomic E-state index is -3.71. The number of carbonyl (C=O) groups is 1. The summed E-state index contributed by atoms with van der Waals surface area (Å²) in [7, 11) is -3.71. The number of halogens is 1. The maximum absolute atomic E-state index is 12.6. The van der Waals surface area contributed by atoms with Crippen LogP contribution in [0, 0.1) is 11.3 Å². The Bertz CT molecular complexity index is 937. The molecule has 2 aromatic rings. The first-order chi connectivity index (χ1) is 12.2. The number of carbonyl (C=O) groups excluding carboxylic acids is 1. The fourth-order valence-electron chi connectivity index (χ4n) is 2.47. The van der Waals surface area contributed by atoms with Crippen LogP contribution in [0.25, 0.3) is 0 Å². The molecule has 0 aromatic heterocycles. The Morgan fingerprint density at radius 3 is 2.46 bits per heavy atom. The molecule has 26 heavy (non-hydrogen) atoms. The zero-order valence-corrected chi connectivity index (χ0v) is 15.9. The zero-order valence-electron chi connectivity index (χ0n) is 14.3. The molecule has 2 aromatic carbocycles. The molecule has 1 amide bonds. The van der Waals surface area contributed by atoms with Crippen LogP contribution in [0.15, 0.2) is 48.5 Å². The number of amides is 1. The number of hydrogen-bond acceptors (Lipinski definition) is 4. The van der Waals surface area contributed by atoms with Gasteiger partial charge in [-0.15, -0.1) is 0 Å². The van der Waals surface area contributed by atoms with Crippen molar-refractivity contribution in [1.29, 1.82) is 5.26 Å². The molecule has 0 saturated heterocycles. The summed E-state index contributed by atoms with van der Waals surface area (Å²) in [6.45, 7) is 1.50. The molecule has 0 spiro atoms. The molecule has 2 rings (SSSR count). The highest BCUT2D eigenvalue weighted by atomic mass is 35.5. The molecule has 136 valence electrons. The Labute approximate surface area is 158 Å². The van der Waals surface area contributed by atoms with E-state index in [1.54, 1.807) is 42.5 Å². The van der Waals surface area contributed by atoms with E-state index in [1.807, 2.05) is 6.07 Å². The Morgan fingerprint density at radius 1 is 1.27 bits per heavy atom. The van der Waals surface area contributed by atoms with E-state index in [0.29, 0.717) is 16.4 Å².